The Morgan fingerprint density at radius 1 is 1.08 bits per heavy atom. The quantitative estimate of drug-likeness (QED) is 0.560. The van der Waals surface area contributed by atoms with Crippen molar-refractivity contribution in [1.82, 2.24) is 4.90 Å². The van der Waals surface area contributed by atoms with Gasteiger partial charge in [0.25, 0.3) is 0 Å². The van der Waals surface area contributed by atoms with Crippen molar-refractivity contribution in [3.05, 3.63) is 59.7 Å². The second-order valence-corrected chi connectivity index (χ2v) is 9.46. The Morgan fingerprint density at radius 3 is 2.36 bits per heavy atom. The van der Waals surface area contributed by atoms with Crippen LogP contribution in [0.25, 0.3) is 0 Å². The third-order valence-corrected chi connectivity index (χ3v) is 6.78. The van der Waals surface area contributed by atoms with Crippen LogP contribution in [0.15, 0.2) is 48.5 Å². The highest BCUT2D eigenvalue weighted by atomic mass is 19.4. The van der Waals surface area contributed by atoms with Crippen LogP contribution in [-0.4, -0.2) is 59.8 Å². The van der Waals surface area contributed by atoms with Crippen molar-refractivity contribution in [3.8, 4) is 0 Å². The van der Waals surface area contributed by atoms with Gasteiger partial charge in [-0.25, -0.2) is 4.79 Å². The molecular weight excluding hydrogens is 471 g/mol. The summed E-state index contributed by atoms with van der Waals surface area (Å²) in [4.78, 5) is 26.5. The zero-order valence-corrected chi connectivity index (χ0v) is 20.7. The number of hydrogen-bond acceptors (Lipinski definition) is 4. The number of halogens is 3. The zero-order valence-electron chi connectivity index (χ0n) is 20.7. The van der Waals surface area contributed by atoms with Crippen molar-refractivity contribution in [3.63, 3.8) is 0 Å². The first-order valence-corrected chi connectivity index (χ1v) is 12.3. The molecule has 6 nitrogen and oxygen atoms in total. The summed E-state index contributed by atoms with van der Waals surface area (Å²) in [7, 11) is 0. The van der Waals surface area contributed by atoms with Gasteiger partial charge in [-0.2, -0.15) is 13.2 Å². The number of carboxylic acid groups (broad SMARTS) is 1. The third kappa shape index (κ3) is 7.71. The number of anilines is 2. The molecule has 9 heteroatoms. The summed E-state index contributed by atoms with van der Waals surface area (Å²) in [6.45, 7) is 8.02. The highest BCUT2D eigenvalue weighted by Gasteiger charge is 2.38. The van der Waals surface area contributed by atoms with Crippen LogP contribution >= 0.6 is 0 Å². The third-order valence-electron chi connectivity index (χ3n) is 6.78. The number of aliphatic carboxylic acids is 1. The van der Waals surface area contributed by atoms with E-state index in [-0.39, 0.29) is 5.91 Å². The number of hydrogen-bond donors (Lipinski definition) is 2. The van der Waals surface area contributed by atoms with E-state index in [1.807, 2.05) is 18.2 Å². The summed E-state index contributed by atoms with van der Waals surface area (Å²) < 4.78 is 31.7. The van der Waals surface area contributed by atoms with Crippen molar-refractivity contribution in [1.29, 1.82) is 0 Å². The van der Waals surface area contributed by atoms with Crippen molar-refractivity contribution >= 4 is 23.3 Å². The molecule has 2 unspecified atom stereocenters. The molecule has 2 atom stereocenters. The second-order valence-electron chi connectivity index (χ2n) is 9.46. The molecular formula is C27H34F3N3O3. The largest absolute Gasteiger partial charge is 0.490 e. The van der Waals surface area contributed by atoms with E-state index in [0.717, 1.165) is 31.2 Å². The lowest BCUT2D eigenvalue weighted by molar-refractivity contribution is -0.192. The Balaban J connectivity index is 0.000000454. The Kier molecular flexibility index (Phi) is 9.37. The molecule has 4 rings (SSSR count). The van der Waals surface area contributed by atoms with Gasteiger partial charge < -0.3 is 15.3 Å². The predicted molar refractivity (Wildman–Crippen MR) is 134 cm³/mol. The highest BCUT2D eigenvalue weighted by molar-refractivity contribution is 5.91. The number of alkyl halides is 3. The maximum absolute atomic E-state index is 12.3. The van der Waals surface area contributed by atoms with Crippen LogP contribution < -0.4 is 10.2 Å². The highest BCUT2D eigenvalue weighted by Crippen LogP contribution is 2.31. The van der Waals surface area contributed by atoms with E-state index in [0.29, 0.717) is 12.5 Å². The molecule has 2 aliphatic heterocycles. The van der Waals surface area contributed by atoms with E-state index >= 15 is 0 Å². The zero-order chi connectivity index (χ0) is 26.3. The van der Waals surface area contributed by atoms with Crippen molar-refractivity contribution in [2.45, 2.75) is 64.2 Å². The Labute approximate surface area is 210 Å². The standard InChI is InChI=1S/C25H33N3O.C2HF3O2/c1-19-17-22(26-25(29)13-10-21-8-4-3-5-9-21)11-12-24(19)27-16-14-23(18-27)28-15-6-7-20(28)2;3-2(4,5)1(6)7/h3-5,8-9,11-12,17,20,23H,6-7,10,13-16,18H2,1-2H3,(H,26,29);(H,6,7). The molecule has 2 heterocycles. The van der Waals surface area contributed by atoms with Gasteiger partial charge in [-0.1, -0.05) is 30.3 Å². The minimum Gasteiger partial charge on any atom is -0.475 e. The molecule has 2 saturated heterocycles. The van der Waals surface area contributed by atoms with Crippen LogP contribution in [0, 0.1) is 6.92 Å². The molecule has 0 saturated carbocycles. The number of rotatable bonds is 6. The lowest BCUT2D eigenvalue weighted by Gasteiger charge is -2.29. The van der Waals surface area contributed by atoms with Gasteiger partial charge in [0, 0.05) is 43.0 Å². The summed E-state index contributed by atoms with van der Waals surface area (Å²) >= 11 is 0. The Hall–Kier alpha value is -3.07. The number of amides is 1. The van der Waals surface area contributed by atoms with E-state index in [9.17, 15) is 18.0 Å². The summed E-state index contributed by atoms with van der Waals surface area (Å²) in [5.41, 5.74) is 4.64. The maximum atomic E-state index is 12.3. The average Bonchev–Trinajstić information content (AvgIpc) is 3.47. The van der Waals surface area contributed by atoms with Gasteiger partial charge in [0.05, 0.1) is 0 Å². The van der Waals surface area contributed by atoms with Gasteiger partial charge in [-0.3, -0.25) is 9.69 Å². The molecule has 0 radical (unpaired) electrons. The first-order valence-electron chi connectivity index (χ1n) is 12.3. The smallest absolute Gasteiger partial charge is 0.475 e. The molecule has 196 valence electrons. The SMILES string of the molecule is Cc1cc(NC(=O)CCc2ccccc2)ccc1N1CCC(N2CCCC2C)C1.O=C(O)C(F)(F)F. The number of carboxylic acids is 1. The molecule has 0 bridgehead atoms. The first-order chi connectivity index (χ1) is 17.0. The minimum atomic E-state index is -5.08. The number of nitrogens with one attached hydrogen (secondary N) is 1. The summed E-state index contributed by atoms with van der Waals surface area (Å²) in [6.07, 6.45) is 0.131. The van der Waals surface area contributed by atoms with Crippen LogP contribution in [0.3, 0.4) is 0 Å². The van der Waals surface area contributed by atoms with Crippen molar-refractivity contribution in [2.75, 3.05) is 29.9 Å². The normalized spacial score (nSPS) is 20.1. The number of carbonyl (C=O) groups is 2. The van der Waals surface area contributed by atoms with Crippen LogP contribution in [0.1, 0.15) is 43.7 Å². The lowest BCUT2D eigenvalue weighted by Crippen LogP contribution is -2.39. The molecule has 1 amide bonds. The van der Waals surface area contributed by atoms with E-state index in [4.69, 9.17) is 9.90 Å². The second kappa shape index (κ2) is 12.3. The number of aryl methyl sites for hydroxylation is 2. The van der Waals surface area contributed by atoms with Crippen LogP contribution in [0.5, 0.6) is 0 Å². The van der Waals surface area contributed by atoms with E-state index in [1.54, 1.807) is 0 Å². The molecule has 2 aliphatic rings. The number of carbonyl (C=O) groups excluding carboxylic acids is 1. The number of benzene rings is 2. The fourth-order valence-electron chi connectivity index (χ4n) is 4.94. The fourth-order valence-corrected chi connectivity index (χ4v) is 4.94. The fraction of sp³-hybridized carbons (Fsp3) is 0.481. The molecule has 2 N–H and O–H groups in total. The first kappa shape index (κ1) is 27.5. The van der Waals surface area contributed by atoms with Crippen molar-refractivity contribution in [2.24, 2.45) is 0 Å². The number of nitrogens with zero attached hydrogens (tertiary/aromatic N) is 2. The summed E-state index contributed by atoms with van der Waals surface area (Å²) in [5.74, 6) is -2.68. The van der Waals surface area contributed by atoms with Gasteiger partial charge in [0.2, 0.25) is 5.91 Å². The molecule has 36 heavy (non-hydrogen) atoms. The van der Waals surface area contributed by atoms with Crippen LogP contribution in [0.2, 0.25) is 0 Å². The van der Waals surface area contributed by atoms with Crippen LogP contribution in [0.4, 0.5) is 24.5 Å². The van der Waals surface area contributed by atoms with Gasteiger partial charge in [0.15, 0.2) is 0 Å². The summed E-state index contributed by atoms with van der Waals surface area (Å²) in [5, 5.41) is 10.2. The Morgan fingerprint density at radius 2 is 1.78 bits per heavy atom. The maximum Gasteiger partial charge on any atom is 0.490 e. The monoisotopic (exact) mass is 505 g/mol. The van der Waals surface area contributed by atoms with Gasteiger partial charge in [-0.15, -0.1) is 0 Å². The average molecular weight is 506 g/mol. The number of likely N-dealkylation sites (tertiary alicyclic amines) is 1. The van der Waals surface area contributed by atoms with Gasteiger partial charge in [-0.05, 0) is 75.4 Å². The molecule has 2 fully saturated rings. The van der Waals surface area contributed by atoms with E-state index in [1.165, 1.54) is 42.6 Å². The molecule has 2 aromatic carbocycles. The molecule has 0 spiro atoms. The Bertz CT molecular complexity index is 1030. The van der Waals surface area contributed by atoms with Crippen LogP contribution in [-0.2, 0) is 16.0 Å². The molecule has 0 aromatic heterocycles. The molecule has 2 aromatic rings. The van der Waals surface area contributed by atoms with Gasteiger partial charge >= 0.3 is 12.1 Å². The summed E-state index contributed by atoms with van der Waals surface area (Å²) in [6, 6.07) is 17.9. The van der Waals surface area contributed by atoms with E-state index < -0.39 is 12.1 Å². The molecule has 0 aliphatic carbocycles. The van der Waals surface area contributed by atoms with Crippen molar-refractivity contribution < 1.29 is 27.9 Å². The lowest BCUT2D eigenvalue weighted by atomic mass is 10.1. The van der Waals surface area contributed by atoms with E-state index in [2.05, 4.69) is 59.3 Å². The van der Waals surface area contributed by atoms with Gasteiger partial charge in [0.1, 0.15) is 0 Å². The predicted octanol–water partition coefficient (Wildman–Crippen LogP) is 5.26. The minimum absolute atomic E-state index is 0.0743. The topological polar surface area (TPSA) is 72.9 Å².